The molecule has 1 fully saturated rings. The SMILES string of the molecule is Cc1nn(CC(C)C)c(Cl)c1[C@@H]1CCCN1CCCC(=O)O. The zero-order valence-electron chi connectivity index (χ0n) is 13.7. The summed E-state index contributed by atoms with van der Waals surface area (Å²) in [5.74, 6) is -0.227. The van der Waals surface area contributed by atoms with Gasteiger partial charge in [0.25, 0.3) is 0 Å². The standard InChI is InChI=1S/C16H26ClN3O2/c1-11(2)10-20-16(17)15(12(3)18-20)13-6-4-8-19(13)9-5-7-14(21)22/h11,13H,4-10H2,1-3H3,(H,21,22)/t13-/m0/s1. The average Bonchev–Trinajstić information content (AvgIpc) is 2.94. The van der Waals surface area contributed by atoms with Gasteiger partial charge >= 0.3 is 5.97 Å². The number of hydrogen-bond acceptors (Lipinski definition) is 3. The first kappa shape index (κ1) is 17.3. The van der Waals surface area contributed by atoms with Crippen LogP contribution in [0.3, 0.4) is 0 Å². The molecular weight excluding hydrogens is 302 g/mol. The van der Waals surface area contributed by atoms with Gasteiger partial charge in [-0.25, -0.2) is 0 Å². The van der Waals surface area contributed by atoms with Crippen LogP contribution in [0.2, 0.25) is 5.15 Å². The van der Waals surface area contributed by atoms with Crippen molar-refractivity contribution in [3.63, 3.8) is 0 Å². The lowest BCUT2D eigenvalue weighted by Gasteiger charge is -2.24. The van der Waals surface area contributed by atoms with Gasteiger partial charge in [-0.2, -0.15) is 5.10 Å². The summed E-state index contributed by atoms with van der Waals surface area (Å²) >= 11 is 6.58. The molecule has 1 aliphatic rings. The third kappa shape index (κ3) is 4.02. The predicted octanol–water partition coefficient (Wildman–Crippen LogP) is 3.50. The molecule has 0 spiro atoms. The number of aryl methyl sites for hydroxylation is 1. The van der Waals surface area contributed by atoms with Crippen molar-refractivity contribution in [2.45, 2.75) is 59.0 Å². The van der Waals surface area contributed by atoms with Gasteiger partial charge in [0.15, 0.2) is 0 Å². The van der Waals surface area contributed by atoms with Gasteiger partial charge in [0.1, 0.15) is 5.15 Å². The number of likely N-dealkylation sites (tertiary alicyclic amines) is 1. The summed E-state index contributed by atoms with van der Waals surface area (Å²) in [6.07, 6.45) is 3.11. The van der Waals surface area contributed by atoms with Gasteiger partial charge in [0.2, 0.25) is 0 Å². The molecule has 1 saturated heterocycles. The Hall–Kier alpha value is -1.07. The monoisotopic (exact) mass is 327 g/mol. The molecule has 1 atom stereocenters. The van der Waals surface area contributed by atoms with Gasteiger partial charge in [0, 0.05) is 24.6 Å². The fourth-order valence-corrected chi connectivity index (χ4v) is 3.64. The molecule has 0 aromatic carbocycles. The van der Waals surface area contributed by atoms with Gasteiger partial charge in [0.05, 0.1) is 5.69 Å². The van der Waals surface area contributed by atoms with E-state index in [0.29, 0.717) is 12.3 Å². The van der Waals surface area contributed by atoms with Crippen molar-refractivity contribution in [1.82, 2.24) is 14.7 Å². The minimum atomic E-state index is -0.727. The number of hydrogen-bond donors (Lipinski definition) is 1. The number of aromatic nitrogens is 2. The highest BCUT2D eigenvalue weighted by molar-refractivity contribution is 6.30. The first-order chi connectivity index (χ1) is 10.4. The van der Waals surface area contributed by atoms with E-state index in [1.165, 1.54) is 0 Å². The summed E-state index contributed by atoms with van der Waals surface area (Å²) in [6.45, 7) is 8.97. The Kier molecular flexibility index (Phi) is 5.87. The molecule has 1 aliphatic heterocycles. The molecular formula is C16H26ClN3O2. The zero-order chi connectivity index (χ0) is 16.3. The second kappa shape index (κ2) is 7.47. The van der Waals surface area contributed by atoms with Crippen molar-refractivity contribution in [2.24, 2.45) is 5.92 Å². The summed E-state index contributed by atoms with van der Waals surface area (Å²) in [7, 11) is 0. The first-order valence-corrected chi connectivity index (χ1v) is 8.46. The first-order valence-electron chi connectivity index (χ1n) is 8.08. The van der Waals surface area contributed by atoms with E-state index in [9.17, 15) is 4.79 Å². The number of rotatable bonds is 7. The highest BCUT2D eigenvalue weighted by Crippen LogP contribution is 2.38. The molecule has 1 N–H and O–H groups in total. The normalized spacial score (nSPS) is 19.2. The quantitative estimate of drug-likeness (QED) is 0.832. The smallest absolute Gasteiger partial charge is 0.303 e. The van der Waals surface area contributed by atoms with Crippen molar-refractivity contribution >= 4 is 17.6 Å². The average molecular weight is 328 g/mol. The lowest BCUT2D eigenvalue weighted by Crippen LogP contribution is -2.25. The Morgan fingerprint density at radius 2 is 2.23 bits per heavy atom. The summed E-state index contributed by atoms with van der Waals surface area (Å²) in [4.78, 5) is 13.0. The molecule has 1 aromatic rings. The van der Waals surface area contributed by atoms with Crippen molar-refractivity contribution in [2.75, 3.05) is 13.1 Å². The summed E-state index contributed by atoms with van der Waals surface area (Å²) in [5, 5.41) is 14.1. The van der Waals surface area contributed by atoms with Crippen LogP contribution in [-0.2, 0) is 11.3 Å². The maximum absolute atomic E-state index is 10.7. The molecule has 124 valence electrons. The Morgan fingerprint density at radius 1 is 1.50 bits per heavy atom. The summed E-state index contributed by atoms with van der Waals surface area (Å²) in [5.41, 5.74) is 2.14. The molecule has 0 radical (unpaired) electrons. The van der Waals surface area contributed by atoms with Crippen LogP contribution in [0, 0.1) is 12.8 Å². The van der Waals surface area contributed by atoms with E-state index >= 15 is 0 Å². The Bertz CT molecular complexity index is 528. The Labute approximate surface area is 137 Å². The van der Waals surface area contributed by atoms with E-state index in [1.807, 2.05) is 11.6 Å². The van der Waals surface area contributed by atoms with E-state index in [1.54, 1.807) is 0 Å². The zero-order valence-corrected chi connectivity index (χ0v) is 14.4. The molecule has 0 amide bonds. The topological polar surface area (TPSA) is 58.4 Å². The summed E-state index contributed by atoms with van der Waals surface area (Å²) in [6, 6.07) is 0.280. The maximum atomic E-state index is 10.7. The van der Waals surface area contributed by atoms with Gasteiger partial charge in [-0.15, -0.1) is 0 Å². The van der Waals surface area contributed by atoms with Crippen LogP contribution in [0.25, 0.3) is 0 Å². The third-order valence-electron chi connectivity index (χ3n) is 4.18. The van der Waals surface area contributed by atoms with E-state index in [-0.39, 0.29) is 12.5 Å². The Balaban J connectivity index is 2.12. The van der Waals surface area contributed by atoms with Crippen molar-refractivity contribution in [3.8, 4) is 0 Å². The molecule has 0 unspecified atom stereocenters. The second-order valence-corrected chi connectivity index (χ2v) is 6.92. The van der Waals surface area contributed by atoms with Crippen LogP contribution in [0.5, 0.6) is 0 Å². The molecule has 22 heavy (non-hydrogen) atoms. The molecule has 2 rings (SSSR count). The van der Waals surface area contributed by atoms with E-state index in [4.69, 9.17) is 16.7 Å². The third-order valence-corrected chi connectivity index (χ3v) is 4.58. The van der Waals surface area contributed by atoms with Crippen molar-refractivity contribution in [3.05, 3.63) is 16.4 Å². The largest absolute Gasteiger partial charge is 0.481 e. The minimum absolute atomic E-state index is 0.225. The molecule has 6 heteroatoms. The van der Waals surface area contributed by atoms with Crippen LogP contribution in [0.1, 0.15) is 56.8 Å². The van der Waals surface area contributed by atoms with Crippen LogP contribution in [-0.4, -0.2) is 38.8 Å². The molecule has 1 aromatic heterocycles. The second-order valence-electron chi connectivity index (χ2n) is 6.56. The fraction of sp³-hybridized carbons (Fsp3) is 0.750. The molecule has 5 nitrogen and oxygen atoms in total. The van der Waals surface area contributed by atoms with E-state index in [0.717, 1.165) is 48.9 Å². The Morgan fingerprint density at radius 3 is 2.86 bits per heavy atom. The van der Waals surface area contributed by atoms with Crippen LogP contribution < -0.4 is 0 Å². The van der Waals surface area contributed by atoms with Crippen LogP contribution in [0.15, 0.2) is 0 Å². The van der Waals surface area contributed by atoms with Gasteiger partial charge in [-0.3, -0.25) is 14.4 Å². The van der Waals surface area contributed by atoms with Crippen molar-refractivity contribution in [1.29, 1.82) is 0 Å². The number of aliphatic carboxylic acids is 1. The number of carboxylic acids is 1. The molecule has 0 aliphatic carbocycles. The molecule has 0 bridgehead atoms. The number of halogens is 1. The minimum Gasteiger partial charge on any atom is -0.481 e. The number of carboxylic acid groups (broad SMARTS) is 1. The molecule has 0 saturated carbocycles. The highest BCUT2D eigenvalue weighted by Gasteiger charge is 2.31. The lowest BCUT2D eigenvalue weighted by molar-refractivity contribution is -0.137. The van der Waals surface area contributed by atoms with Gasteiger partial charge < -0.3 is 5.11 Å². The molecule has 2 heterocycles. The van der Waals surface area contributed by atoms with Crippen LogP contribution in [0.4, 0.5) is 0 Å². The number of carbonyl (C=O) groups is 1. The fourth-order valence-electron chi connectivity index (χ4n) is 3.27. The highest BCUT2D eigenvalue weighted by atomic mass is 35.5. The predicted molar refractivity (Wildman–Crippen MR) is 87.2 cm³/mol. The van der Waals surface area contributed by atoms with Crippen LogP contribution >= 0.6 is 11.6 Å². The summed E-state index contributed by atoms with van der Waals surface area (Å²) < 4.78 is 1.91. The maximum Gasteiger partial charge on any atom is 0.303 e. The number of nitrogens with zero attached hydrogens (tertiary/aromatic N) is 3. The van der Waals surface area contributed by atoms with E-state index < -0.39 is 5.97 Å². The van der Waals surface area contributed by atoms with Gasteiger partial charge in [-0.05, 0) is 45.2 Å². The lowest BCUT2D eigenvalue weighted by atomic mass is 10.1. The van der Waals surface area contributed by atoms with Gasteiger partial charge in [-0.1, -0.05) is 25.4 Å². The van der Waals surface area contributed by atoms with E-state index in [2.05, 4.69) is 23.8 Å². The van der Waals surface area contributed by atoms with Crippen molar-refractivity contribution < 1.29 is 9.90 Å².